The molecule has 1 amide bonds. The van der Waals surface area contributed by atoms with E-state index in [9.17, 15) is 66.1 Å². The summed E-state index contributed by atoms with van der Waals surface area (Å²) in [5.41, 5.74) is 63.1. The number of rotatable bonds is 26. The van der Waals surface area contributed by atoms with Crippen LogP contribution in [0.2, 0.25) is 0 Å². The lowest BCUT2D eigenvalue weighted by Gasteiger charge is -2.48. The number of carbonyl (C=O) groups excluding carboxylic acids is 1. The molecule has 722 valence electrons. The lowest BCUT2D eigenvalue weighted by Crippen LogP contribution is -2.68. The lowest BCUT2D eigenvalue weighted by molar-refractivity contribution is -0.307. The smallest absolute Gasteiger partial charge is 0.237 e. The predicted octanol–water partition coefficient (Wildman–Crippen LogP) is -10.5. The van der Waals surface area contributed by atoms with Gasteiger partial charge in [0.25, 0.3) is 0 Å². The van der Waals surface area contributed by atoms with E-state index in [0.29, 0.717) is 51.0 Å². The van der Waals surface area contributed by atoms with Crippen LogP contribution in [0.5, 0.6) is 0 Å². The van der Waals surface area contributed by atoms with Gasteiger partial charge in [-0.15, -0.1) is 23.4 Å². The Labute approximate surface area is 732 Å². The van der Waals surface area contributed by atoms with Crippen LogP contribution in [0.3, 0.4) is 0 Å². The second-order valence-corrected chi connectivity index (χ2v) is 38.1. The van der Waals surface area contributed by atoms with E-state index in [0.717, 1.165) is 45.1 Å². The zero-order chi connectivity index (χ0) is 91.5. The van der Waals surface area contributed by atoms with Crippen LogP contribution in [0, 0.1) is 5.92 Å². The Bertz CT molecular complexity index is 3120. The van der Waals surface area contributed by atoms with Gasteiger partial charge < -0.3 is 213 Å². The van der Waals surface area contributed by atoms with Crippen LogP contribution in [-0.4, -0.2) is 424 Å². The number of thioether (sulfide) groups is 1. The van der Waals surface area contributed by atoms with Crippen LogP contribution in [0.1, 0.15) is 126 Å². The number of nitrogens with zero attached hydrogens (tertiary/aromatic N) is 1. The largest absolute Gasteiger partial charge is 0.388 e. The number of halogens is 1. The Hall–Kier alpha value is -1.53. The van der Waals surface area contributed by atoms with Crippen LogP contribution in [0.15, 0.2) is 0 Å². The van der Waals surface area contributed by atoms with Crippen molar-refractivity contribution >= 4 is 29.3 Å². The molecule has 0 unspecified atom stereocenters. The van der Waals surface area contributed by atoms with Crippen molar-refractivity contribution in [3.8, 4) is 0 Å². The molecule has 8 aliphatic heterocycles. The van der Waals surface area contributed by atoms with Crippen LogP contribution < -0.4 is 89.7 Å². The predicted molar refractivity (Wildman–Crippen MR) is 452 cm³/mol. The lowest BCUT2D eigenvalue weighted by atomic mass is 9.84. The number of nitrogens with two attached hydrogens (primary N) is 11. The van der Waals surface area contributed by atoms with E-state index in [1.54, 1.807) is 55.1 Å². The Balaban J connectivity index is 0.000000204. The summed E-state index contributed by atoms with van der Waals surface area (Å²) in [6.07, 6.45) is -13.4. The minimum absolute atomic E-state index is 0.0620. The molecule has 11 aliphatic rings. The molecule has 11 rings (SSSR count). The summed E-state index contributed by atoms with van der Waals surface area (Å²) >= 11 is 7.55. The molecule has 39 N–H and O–H groups in total. The summed E-state index contributed by atoms with van der Waals surface area (Å²) in [4.78, 5) is 14.9. The van der Waals surface area contributed by atoms with Crippen molar-refractivity contribution in [2.24, 2.45) is 69.0 Å². The number of aliphatic hydroxyl groups is 12. The number of alkyl halides is 1. The average molecular weight is 1820 g/mol. The van der Waals surface area contributed by atoms with Gasteiger partial charge in [0.05, 0.1) is 91.8 Å². The highest BCUT2D eigenvalue weighted by Gasteiger charge is 2.57. The van der Waals surface area contributed by atoms with Gasteiger partial charge in [-0.3, -0.25) is 9.69 Å². The van der Waals surface area contributed by atoms with Gasteiger partial charge in [0.2, 0.25) is 5.91 Å². The molecule has 45 heteroatoms. The maximum atomic E-state index is 12.9. The van der Waals surface area contributed by atoms with Crippen LogP contribution in [0.25, 0.3) is 0 Å². The second-order valence-electron chi connectivity index (χ2n) is 36.5. The first-order valence-electron chi connectivity index (χ1n) is 43.6. The Morgan fingerprint density at radius 3 is 1.20 bits per heavy atom. The van der Waals surface area contributed by atoms with E-state index in [1.165, 1.54) is 11.8 Å². The van der Waals surface area contributed by atoms with Crippen molar-refractivity contribution in [1.29, 1.82) is 0 Å². The summed E-state index contributed by atoms with van der Waals surface area (Å²) in [6.45, 7) is 13.4. The molecule has 0 radical (unpaired) electrons. The number of ether oxygens (including phenoxy) is 13. The van der Waals surface area contributed by atoms with Gasteiger partial charge in [-0.2, -0.15) is 0 Å². The second kappa shape index (κ2) is 47.4. The zero-order valence-electron chi connectivity index (χ0n) is 73.6. The molecule has 0 aromatic carbocycles. The van der Waals surface area contributed by atoms with Crippen molar-refractivity contribution in [3.05, 3.63) is 0 Å². The van der Waals surface area contributed by atoms with Gasteiger partial charge >= 0.3 is 0 Å². The number of likely N-dealkylation sites (tertiary alicyclic amines) is 1. The Morgan fingerprint density at radius 1 is 0.496 bits per heavy atom. The molecule has 0 spiro atoms. The highest BCUT2D eigenvalue weighted by molar-refractivity contribution is 7.99. The molecule has 0 aromatic heterocycles. The van der Waals surface area contributed by atoms with Gasteiger partial charge in [-0.25, -0.2) is 0 Å². The summed E-state index contributed by atoms with van der Waals surface area (Å²) in [5.74, 6) is 0.350. The molecule has 0 aromatic rings. The molecule has 3 saturated carbocycles. The van der Waals surface area contributed by atoms with Crippen LogP contribution in [-0.2, 0) is 66.4 Å². The summed E-state index contributed by atoms with van der Waals surface area (Å²) < 4.78 is 76.2. The third-order valence-electron chi connectivity index (χ3n) is 26.2. The fourth-order valence-electron chi connectivity index (χ4n) is 18.7. The number of nitrogens with one attached hydrogen (secondary N) is 5. The van der Waals surface area contributed by atoms with Gasteiger partial charge in [0.15, 0.2) is 37.7 Å². The minimum Gasteiger partial charge on any atom is -0.388 e. The van der Waals surface area contributed by atoms with Gasteiger partial charge in [-0.05, 0) is 160 Å². The molecule has 0 bridgehead atoms. The molecule has 123 heavy (non-hydrogen) atoms. The van der Waals surface area contributed by atoms with Gasteiger partial charge in [0.1, 0.15) is 120 Å². The average Bonchev–Trinajstić information content (AvgIpc) is 1.08. The quantitative estimate of drug-likeness (QED) is 0.0358. The topological polar surface area (TPSA) is 729 Å². The number of hydrogen-bond donors (Lipinski definition) is 28. The molecule has 3 aliphatic carbocycles. The fourth-order valence-corrected chi connectivity index (χ4v) is 19.6. The SMILES string of the molecule is CCC[C@@H]1C[C@@H](C(=O)N[C@@H]([C@H]2O[C@H](SC)[C@H](O)[C@@H](O)[C@H]2O)[C@H](C)Cl)N(C)C1.CN[C@@H]1[C@@H](O)[C@@H](O[C@@H]2[C@@H](O)[C@H](O[C@H]3O[C@H](CN)CC[C@H]3N)[C@@H](N)C[C@H]2N)OC[C@]1(C)O.CN[C@@H]1[C@@H](O)[C@@H](O[C@@H]2[C@@H](O)[C@H](O[C@H]3O[C@H]([C@@H](C)N)CC[C@H]3N)[C@@H](N)C[C@H]2N)OC[C@]1(C)O.CN[C@@H]1[C@@H](O)[C@@H](O[C@@H]2[C@@H](O)[C@H](O[C@H]3O[C@H]([C@@H](C)NC)CC[C@H]3N)[C@@H](N)C[C@H]2N)OC[C@]1(C)O. The van der Waals surface area contributed by atoms with Crippen LogP contribution in [0.4, 0.5) is 0 Å². The maximum absolute atomic E-state index is 12.9. The summed E-state index contributed by atoms with van der Waals surface area (Å²) in [6, 6.07) is -7.77. The van der Waals surface area contributed by atoms with Gasteiger partial charge in [0, 0.05) is 61.4 Å². The van der Waals surface area contributed by atoms with E-state index in [1.807, 2.05) is 32.8 Å². The molecule has 43 nitrogen and oxygen atoms in total. The number of likely N-dealkylation sites (N-methyl/N-ethyl adjacent to an activating group) is 5. The first kappa shape index (κ1) is 107. The third-order valence-corrected chi connectivity index (χ3v) is 27.4. The van der Waals surface area contributed by atoms with E-state index in [2.05, 4.69) is 33.5 Å². The van der Waals surface area contributed by atoms with Crippen molar-refractivity contribution in [3.63, 3.8) is 0 Å². The standard InChI is InChI=1S/C21H43N5O7.C20H41N5O7.C19H39N5O7.C18H33ClN2O5S/c1-9(25-3)13-6-5-10(22)19(31-13)32-16-11(23)7-12(24)17(14(16)27)33-20-15(28)18(26-4)21(2,29)8-30-20;1-8(21)12-5-4-9(22)18(30-12)31-15-10(23)6-11(24)16(13(15)26)32-19-14(27)17(25-3)20(2,28)7-29-19;1-19(27)7-28-18(13(26)16(19)24-2)31-15-11(23)5-10(22)14(12(15)25)30-17-9(21)4-3-8(6-20)29-17;1-5-6-10-7-11(21(3)8-10)17(25)20-12(9(2)19)16-14(23)13(22)15(24)18(26-16)27-4/h9-20,25-29H,5-8,22-24H2,1-4H3;8-19,25-28H,4-7,21-24H2,1-3H3;8-18,24-27H,3-7,20-23H2,1-2H3;9-16,18,22-24H,5-8H2,1-4H3,(H,20,25)/t9-,10-,11+,12-,13+,14+,15-,16-,17+,18-,19-,20-,21+;8-,9-,10+,11-,12+,13+,14-,15-,16+,17-,18-,19-,20+;8-,9+,10-,11+,12-,13+,14+,15-,16+,17+,18+,19-;9-,10+,11-,12+,13-,14+,15+,16+,18+/m1100/s1. The van der Waals surface area contributed by atoms with E-state index < -0.39 is 223 Å². The molecule has 8 saturated heterocycles. The Morgan fingerprint density at radius 2 is 0.854 bits per heavy atom. The van der Waals surface area contributed by atoms with E-state index >= 15 is 0 Å². The third kappa shape index (κ3) is 26.5. The normalized spacial score (nSPS) is 48.6. The monoisotopic (exact) mass is 1810 g/mol. The Kier molecular flexibility index (Phi) is 41.2. The molecule has 11 fully saturated rings. The minimum atomic E-state index is -1.36. The number of carbonyl (C=O) groups is 1. The van der Waals surface area contributed by atoms with Crippen molar-refractivity contribution in [2.45, 2.75) is 404 Å². The molecule has 47 atom stereocenters. The zero-order valence-corrected chi connectivity index (χ0v) is 75.2. The van der Waals surface area contributed by atoms with Crippen LogP contribution >= 0.6 is 23.4 Å². The number of hydrogen-bond acceptors (Lipinski definition) is 43. The summed E-state index contributed by atoms with van der Waals surface area (Å²) in [7, 11) is 8.68. The molecule has 8 heterocycles. The summed E-state index contributed by atoms with van der Waals surface area (Å²) in [5, 5.41) is 141. The fraction of sp³-hybridized carbons (Fsp3) is 0.987. The van der Waals surface area contributed by atoms with Crippen molar-refractivity contribution in [2.75, 3.05) is 74.4 Å². The maximum Gasteiger partial charge on any atom is 0.237 e. The highest BCUT2D eigenvalue weighted by atomic mass is 35.5. The van der Waals surface area contributed by atoms with Crippen molar-refractivity contribution in [1.82, 2.24) is 31.5 Å². The number of amides is 1. The first-order chi connectivity index (χ1) is 57.7. The van der Waals surface area contributed by atoms with E-state index in [-0.39, 0.29) is 80.3 Å². The first-order valence-corrected chi connectivity index (χ1v) is 45.3. The van der Waals surface area contributed by atoms with Crippen molar-refractivity contribution < 1.29 is 128 Å². The molecular formula is C78H156ClN17O26S. The molecular weight excluding hydrogens is 1660 g/mol. The van der Waals surface area contributed by atoms with Gasteiger partial charge in [-0.1, -0.05) is 13.3 Å². The highest BCUT2D eigenvalue weighted by Crippen LogP contribution is 2.39. The number of aliphatic hydroxyl groups excluding tert-OH is 9. The van der Waals surface area contributed by atoms with E-state index in [4.69, 9.17) is 136 Å².